The number of hydrogen-bond acceptors (Lipinski definition) is 3. The van der Waals surface area contributed by atoms with Crippen molar-refractivity contribution in [3.05, 3.63) is 35.1 Å². The molecular formula is C15H16FNO2. The minimum atomic E-state index is -0.826. The van der Waals surface area contributed by atoms with Gasteiger partial charge in [-0.3, -0.25) is 0 Å². The van der Waals surface area contributed by atoms with Crippen LogP contribution in [-0.4, -0.2) is 22.9 Å². The van der Waals surface area contributed by atoms with E-state index in [0.717, 1.165) is 12.8 Å². The molecule has 2 aliphatic rings. The summed E-state index contributed by atoms with van der Waals surface area (Å²) < 4.78 is 18.8. The second-order valence-corrected chi connectivity index (χ2v) is 5.68. The molecule has 0 spiro atoms. The second-order valence-electron chi connectivity index (χ2n) is 5.68. The third-order valence-electron chi connectivity index (χ3n) is 4.12. The highest BCUT2D eigenvalue weighted by Crippen LogP contribution is 2.40. The molecule has 0 aliphatic carbocycles. The summed E-state index contributed by atoms with van der Waals surface area (Å²) in [6.45, 7) is 0. The molecule has 1 aromatic carbocycles. The van der Waals surface area contributed by atoms with Gasteiger partial charge in [0.15, 0.2) is 0 Å². The Balaban J connectivity index is 1.83. The Morgan fingerprint density at radius 3 is 2.68 bits per heavy atom. The molecule has 2 aliphatic heterocycles. The van der Waals surface area contributed by atoms with E-state index in [9.17, 15) is 9.50 Å². The third-order valence-corrected chi connectivity index (χ3v) is 4.12. The van der Waals surface area contributed by atoms with Gasteiger partial charge in [-0.05, 0) is 30.5 Å². The van der Waals surface area contributed by atoms with Crippen LogP contribution in [0.3, 0.4) is 0 Å². The molecule has 2 fully saturated rings. The molecule has 1 aromatic rings. The first-order chi connectivity index (χ1) is 9.08. The maximum Gasteiger partial charge on any atom is 0.124 e. The summed E-state index contributed by atoms with van der Waals surface area (Å²) in [5.74, 6) is -0.417. The highest BCUT2D eigenvalue weighted by Gasteiger charge is 2.43. The van der Waals surface area contributed by atoms with E-state index in [1.165, 1.54) is 12.1 Å². The minimum absolute atomic E-state index is 0.134. The maximum atomic E-state index is 13.1. The highest BCUT2D eigenvalue weighted by molar-refractivity contribution is 5.39. The van der Waals surface area contributed by atoms with E-state index < -0.39 is 11.4 Å². The molecule has 0 amide bonds. The fourth-order valence-corrected chi connectivity index (χ4v) is 3.32. The van der Waals surface area contributed by atoms with Crippen molar-refractivity contribution in [3.63, 3.8) is 0 Å². The van der Waals surface area contributed by atoms with Gasteiger partial charge in [0, 0.05) is 19.3 Å². The van der Waals surface area contributed by atoms with Gasteiger partial charge in [0.2, 0.25) is 0 Å². The Morgan fingerprint density at radius 2 is 2.05 bits per heavy atom. The van der Waals surface area contributed by atoms with Crippen LogP contribution in [0.2, 0.25) is 0 Å². The Morgan fingerprint density at radius 1 is 1.37 bits per heavy atom. The van der Waals surface area contributed by atoms with Crippen molar-refractivity contribution in [2.45, 2.75) is 49.9 Å². The van der Waals surface area contributed by atoms with Gasteiger partial charge in [0.25, 0.3) is 0 Å². The van der Waals surface area contributed by atoms with Crippen molar-refractivity contribution < 1.29 is 14.2 Å². The van der Waals surface area contributed by atoms with E-state index in [0.29, 0.717) is 30.4 Å². The lowest BCUT2D eigenvalue weighted by atomic mass is 9.83. The highest BCUT2D eigenvalue weighted by atomic mass is 19.1. The van der Waals surface area contributed by atoms with E-state index in [2.05, 4.69) is 0 Å². The number of halogens is 1. The minimum Gasteiger partial charge on any atom is -0.389 e. The predicted octanol–water partition coefficient (Wildman–Crippen LogP) is 2.31. The molecule has 100 valence electrons. The first-order valence-corrected chi connectivity index (χ1v) is 6.64. The fraction of sp³-hybridized carbons (Fsp3) is 0.533. The number of nitrogens with zero attached hydrogens (tertiary/aromatic N) is 1. The van der Waals surface area contributed by atoms with Crippen molar-refractivity contribution in [2.24, 2.45) is 0 Å². The largest absolute Gasteiger partial charge is 0.389 e. The van der Waals surface area contributed by atoms with Crippen LogP contribution in [0.15, 0.2) is 18.2 Å². The van der Waals surface area contributed by atoms with Gasteiger partial charge < -0.3 is 9.84 Å². The van der Waals surface area contributed by atoms with Gasteiger partial charge in [-0.1, -0.05) is 6.07 Å². The molecule has 0 radical (unpaired) electrons. The van der Waals surface area contributed by atoms with Crippen LogP contribution in [0.1, 0.15) is 36.8 Å². The lowest BCUT2D eigenvalue weighted by Gasteiger charge is -2.36. The van der Waals surface area contributed by atoms with Crippen LogP contribution >= 0.6 is 0 Å². The normalized spacial score (nSPS) is 33.1. The molecule has 2 atom stereocenters. The van der Waals surface area contributed by atoms with Gasteiger partial charge in [-0.25, -0.2) is 4.39 Å². The zero-order valence-corrected chi connectivity index (χ0v) is 10.6. The molecule has 19 heavy (non-hydrogen) atoms. The second kappa shape index (κ2) is 4.59. The zero-order valence-electron chi connectivity index (χ0n) is 10.6. The first-order valence-electron chi connectivity index (χ1n) is 6.64. The number of hydrogen-bond donors (Lipinski definition) is 1. The van der Waals surface area contributed by atoms with Crippen LogP contribution in [0.4, 0.5) is 4.39 Å². The molecule has 2 saturated heterocycles. The van der Waals surface area contributed by atoms with E-state index in [-0.39, 0.29) is 12.2 Å². The summed E-state index contributed by atoms with van der Waals surface area (Å²) in [5.41, 5.74) is 0.202. The molecule has 1 N–H and O–H groups in total. The summed E-state index contributed by atoms with van der Waals surface area (Å²) in [5, 5.41) is 19.8. The summed E-state index contributed by atoms with van der Waals surface area (Å²) in [6.07, 6.45) is 3.87. The van der Waals surface area contributed by atoms with Gasteiger partial charge in [0.05, 0.1) is 29.4 Å². The molecule has 0 saturated carbocycles. The van der Waals surface area contributed by atoms with E-state index in [1.807, 2.05) is 6.07 Å². The SMILES string of the molecule is N#Cc1cc(F)ccc1CC1(O)CC2CCC(C1)O2. The monoisotopic (exact) mass is 261 g/mol. The molecular weight excluding hydrogens is 245 g/mol. The number of aliphatic hydroxyl groups is 1. The number of benzene rings is 1. The van der Waals surface area contributed by atoms with Crippen LogP contribution in [-0.2, 0) is 11.2 Å². The molecule has 0 aromatic heterocycles. The topological polar surface area (TPSA) is 53.2 Å². The molecule has 3 rings (SSSR count). The smallest absolute Gasteiger partial charge is 0.124 e. The Kier molecular flexibility index (Phi) is 3.04. The van der Waals surface area contributed by atoms with Gasteiger partial charge >= 0.3 is 0 Å². The van der Waals surface area contributed by atoms with Crippen molar-refractivity contribution in [1.82, 2.24) is 0 Å². The van der Waals surface area contributed by atoms with E-state index in [1.54, 1.807) is 6.07 Å². The predicted molar refractivity (Wildman–Crippen MR) is 66.9 cm³/mol. The maximum absolute atomic E-state index is 13.1. The van der Waals surface area contributed by atoms with Crippen LogP contribution < -0.4 is 0 Å². The van der Waals surface area contributed by atoms with Crippen LogP contribution in [0.25, 0.3) is 0 Å². The number of fused-ring (bicyclic) bond motifs is 2. The van der Waals surface area contributed by atoms with Crippen LogP contribution in [0, 0.1) is 17.1 Å². The van der Waals surface area contributed by atoms with Gasteiger partial charge in [-0.2, -0.15) is 5.26 Å². The van der Waals surface area contributed by atoms with Crippen LogP contribution in [0.5, 0.6) is 0 Å². The van der Waals surface area contributed by atoms with Crippen molar-refractivity contribution in [3.8, 4) is 6.07 Å². The molecule has 2 heterocycles. The Labute approximate surface area is 111 Å². The molecule has 2 unspecified atom stereocenters. The van der Waals surface area contributed by atoms with Crippen molar-refractivity contribution in [2.75, 3.05) is 0 Å². The summed E-state index contributed by atoms with van der Waals surface area (Å²) in [6, 6.07) is 6.17. The zero-order chi connectivity index (χ0) is 13.5. The van der Waals surface area contributed by atoms with Gasteiger partial charge in [0.1, 0.15) is 5.82 Å². The van der Waals surface area contributed by atoms with Crippen molar-refractivity contribution >= 4 is 0 Å². The quantitative estimate of drug-likeness (QED) is 0.888. The Hall–Kier alpha value is -1.44. The third kappa shape index (κ3) is 2.49. The molecule has 2 bridgehead atoms. The number of nitriles is 1. The standard InChI is InChI=1S/C15H16FNO2/c16-12-2-1-10(11(5-12)9-17)6-15(18)7-13-3-4-14(8-15)19-13/h1-2,5,13-14,18H,3-4,6-8H2. The summed E-state index contributed by atoms with van der Waals surface area (Å²) in [7, 11) is 0. The molecule has 4 heteroatoms. The average molecular weight is 261 g/mol. The van der Waals surface area contributed by atoms with Crippen molar-refractivity contribution in [1.29, 1.82) is 5.26 Å². The number of ether oxygens (including phenoxy) is 1. The van der Waals surface area contributed by atoms with E-state index >= 15 is 0 Å². The lowest BCUT2D eigenvalue weighted by molar-refractivity contribution is -0.110. The summed E-state index contributed by atoms with van der Waals surface area (Å²) >= 11 is 0. The number of rotatable bonds is 2. The first kappa shape index (κ1) is 12.6. The molecule has 3 nitrogen and oxygen atoms in total. The Bertz CT molecular complexity index is 525. The summed E-state index contributed by atoms with van der Waals surface area (Å²) in [4.78, 5) is 0. The average Bonchev–Trinajstić information content (AvgIpc) is 2.71. The van der Waals surface area contributed by atoms with Gasteiger partial charge in [-0.15, -0.1) is 0 Å². The fourth-order valence-electron chi connectivity index (χ4n) is 3.32. The van der Waals surface area contributed by atoms with E-state index in [4.69, 9.17) is 10.00 Å². The lowest BCUT2D eigenvalue weighted by Crippen LogP contribution is -2.42.